The number of nitrogens with zero attached hydrogens (tertiary/aromatic N) is 3. The second-order valence-electron chi connectivity index (χ2n) is 6.38. The molecule has 0 aliphatic heterocycles. The second kappa shape index (κ2) is 8.98. The summed E-state index contributed by atoms with van der Waals surface area (Å²) in [5, 5.41) is 12.1. The third kappa shape index (κ3) is 4.68. The van der Waals surface area contributed by atoms with Crippen molar-refractivity contribution >= 4 is 50.9 Å². The van der Waals surface area contributed by atoms with Gasteiger partial charge in [-0.25, -0.2) is 4.68 Å². The summed E-state index contributed by atoms with van der Waals surface area (Å²) in [5.74, 6) is 6.85. The minimum atomic E-state index is -0.142. The molecule has 3 rings (SSSR count). The molecule has 0 atom stereocenters. The Morgan fingerprint density at radius 1 is 1.29 bits per heavy atom. The van der Waals surface area contributed by atoms with Crippen molar-refractivity contribution in [2.45, 2.75) is 24.9 Å². The predicted molar refractivity (Wildman–Crippen MR) is 118 cm³/mol. The fourth-order valence-electron chi connectivity index (χ4n) is 2.64. The Bertz CT molecular complexity index is 1010. The van der Waals surface area contributed by atoms with E-state index in [1.807, 2.05) is 36.4 Å². The largest absolute Gasteiger partial charge is 0.335 e. The number of nitrogen functional groups attached to an aromatic ring is 1. The number of rotatable bonds is 6. The Balaban J connectivity index is 1.69. The van der Waals surface area contributed by atoms with Crippen LogP contribution in [0.3, 0.4) is 0 Å². The summed E-state index contributed by atoms with van der Waals surface area (Å²) in [5.41, 5.74) is 2.55. The molecular formula is C19H19BrClN5OS. The average Bonchev–Trinajstić information content (AvgIpc) is 3.02. The molecule has 0 bridgehead atoms. The minimum absolute atomic E-state index is 0.142. The monoisotopic (exact) mass is 479 g/mol. The second-order valence-corrected chi connectivity index (χ2v) is 8.64. The predicted octanol–water partition coefficient (Wildman–Crippen LogP) is 4.93. The van der Waals surface area contributed by atoms with Crippen molar-refractivity contribution in [2.24, 2.45) is 0 Å². The van der Waals surface area contributed by atoms with Crippen molar-refractivity contribution < 1.29 is 4.79 Å². The van der Waals surface area contributed by atoms with Crippen LogP contribution in [0, 0.1) is 0 Å². The standard InChI is InChI=1S/C19H19BrClN5OS/c1-11(2)14-9-12(20)7-8-16(14)23-17(27)10-28-19-25-24-18(26(19)22)13-5-3-4-6-15(13)21/h3-9,11H,10,22H2,1-2H3,(H,23,27). The van der Waals surface area contributed by atoms with Crippen LogP contribution < -0.4 is 11.2 Å². The Kier molecular flexibility index (Phi) is 6.64. The molecule has 3 N–H and O–H groups in total. The molecule has 0 saturated carbocycles. The Hall–Kier alpha value is -2.03. The summed E-state index contributed by atoms with van der Waals surface area (Å²) >= 11 is 10.9. The van der Waals surface area contributed by atoms with E-state index in [-0.39, 0.29) is 17.6 Å². The van der Waals surface area contributed by atoms with Gasteiger partial charge in [0, 0.05) is 15.7 Å². The number of nitrogens with two attached hydrogens (primary N) is 1. The fourth-order valence-corrected chi connectivity index (χ4v) is 3.90. The summed E-state index contributed by atoms with van der Waals surface area (Å²) in [4.78, 5) is 12.4. The zero-order chi connectivity index (χ0) is 20.3. The normalized spacial score (nSPS) is 11.0. The van der Waals surface area contributed by atoms with E-state index in [4.69, 9.17) is 17.4 Å². The first-order chi connectivity index (χ1) is 13.4. The highest BCUT2D eigenvalue weighted by Gasteiger charge is 2.16. The van der Waals surface area contributed by atoms with Crippen molar-refractivity contribution in [2.75, 3.05) is 16.9 Å². The topological polar surface area (TPSA) is 85.8 Å². The fraction of sp³-hybridized carbons (Fsp3) is 0.211. The molecule has 9 heteroatoms. The number of anilines is 1. The van der Waals surface area contributed by atoms with E-state index in [1.165, 1.54) is 16.4 Å². The van der Waals surface area contributed by atoms with Crippen LogP contribution in [0.5, 0.6) is 0 Å². The molecule has 1 aromatic heterocycles. The van der Waals surface area contributed by atoms with Gasteiger partial charge >= 0.3 is 0 Å². The summed E-state index contributed by atoms with van der Waals surface area (Å²) < 4.78 is 2.32. The first kappa shape index (κ1) is 20.7. The Morgan fingerprint density at radius 3 is 2.75 bits per heavy atom. The maximum atomic E-state index is 12.4. The lowest BCUT2D eigenvalue weighted by molar-refractivity contribution is -0.113. The molecule has 0 fully saturated rings. The number of hydrogen-bond donors (Lipinski definition) is 2. The van der Waals surface area contributed by atoms with E-state index in [0.717, 1.165) is 15.7 Å². The van der Waals surface area contributed by atoms with E-state index in [2.05, 4.69) is 45.3 Å². The van der Waals surface area contributed by atoms with Gasteiger partial charge in [-0.15, -0.1) is 10.2 Å². The molecule has 0 unspecified atom stereocenters. The number of carbonyl (C=O) groups is 1. The van der Waals surface area contributed by atoms with Gasteiger partial charge in [0.1, 0.15) is 0 Å². The highest BCUT2D eigenvalue weighted by molar-refractivity contribution is 9.10. The van der Waals surface area contributed by atoms with Gasteiger partial charge in [-0.1, -0.05) is 65.3 Å². The first-order valence-electron chi connectivity index (χ1n) is 8.54. The molecule has 0 radical (unpaired) electrons. The van der Waals surface area contributed by atoms with Crippen molar-refractivity contribution in [1.29, 1.82) is 0 Å². The first-order valence-corrected chi connectivity index (χ1v) is 10.7. The van der Waals surface area contributed by atoms with Crippen molar-refractivity contribution in [3.63, 3.8) is 0 Å². The lowest BCUT2D eigenvalue weighted by Gasteiger charge is -2.14. The lowest BCUT2D eigenvalue weighted by Crippen LogP contribution is -2.17. The van der Waals surface area contributed by atoms with Crippen LogP contribution in [0.15, 0.2) is 52.1 Å². The van der Waals surface area contributed by atoms with Gasteiger partial charge in [-0.3, -0.25) is 4.79 Å². The van der Waals surface area contributed by atoms with Gasteiger partial charge in [0.15, 0.2) is 5.82 Å². The third-order valence-corrected chi connectivity index (χ3v) is 5.79. The van der Waals surface area contributed by atoms with Crippen LogP contribution in [0.2, 0.25) is 5.02 Å². The highest BCUT2D eigenvalue weighted by Crippen LogP contribution is 2.29. The SMILES string of the molecule is CC(C)c1cc(Br)ccc1NC(=O)CSc1nnc(-c2ccccc2Cl)n1N. The molecule has 146 valence electrons. The molecule has 1 amide bonds. The van der Waals surface area contributed by atoms with Gasteiger partial charge in [0.2, 0.25) is 11.1 Å². The van der Waals surface area contributed by atoms with Crippen molar-refractivity contribution in [1.82, 2.24) is 14.9 Å². The number of thioether (sulfide) groups is 1. The number of nitrogens with one attached hydrogen (secondary N) is 1. The highest BCUT2D eigenvalue weighted by atomic mass is 79.9. The van der Waals surface area contributed by atoms with Crippen LogP contribution in [0.1, 0.15) is 25.3 Å². The minimum Gasteiger partial charge on any atom is -0.335 e. The Labute approximate surface area is 181 Å². The lowest BCUT2D eigenvalue weighted by atomic mass is 10.0. The maximum Gasteiger partial charge on any atom is 0.234 e. The third-order valence-electron chi connectivity index (χ3n) is 4.02. The van der Waals surface area contributed by atoms with E-state index < -0.39 is 0 Å². The number of hydrogen-bond acceptors (Lipinski definition) is 5. The zero-order valence-electron chi connectivity index (χ0n) is 15.3. The summed E-state index contributed by atoms with van der Waals surface area (Å²) in [6.07, 6.45) is 0. The van der Waals surface area contributed by atoms with Crippen LogP contribution >= 0.6 is 39.3 Å². The van der Waals surface area contributed by atoms with E-state index >= 15 is 0 Å². The number of carbonyl (C=O) groups excluding carboxylic acids is 1. The molecular weight excluding hydrogens is 462 g/mol. The number of aromatic nitrogens is 3. The van der Waals surface area contributed by atoms with E-state index in [1.54, 1.807) is 6.07 Å². The van der Waals surface area contributed by atoms with E-state index in [0.29, 0.717) is 21.6 Å². The smallest absolute Gasteiger partial charge is 0.234 e. The van der Waals surface area contributed by atoms with Gasteiger partial charge in [0.05, 0.1) is 10.8 Å². The van der Waals surface area contributed by atoms with E-state index in [9.17, 15) is 4.79 Å². The van der Waals surface area contributed by atoms with Gasteiger partial charge in [-0.05, 0) is 41.8 Å². The molecule has 0 spiro atoms. The van der Waals surface area contributed by atoms with Gasteiger partial charge in [-0.2, -0.15) is 0 Å². The quantitative estimate of drug-likeness (QED) is 0.386. The zero-order valence-corrected chi connectivity index (χ0v) is 18.5. The molecule has 6 nitrogen and oxygen atoms in total. The van der Waals surface area contributed by atoms with Crippen LogP contribution in [-0.2, 0) is 4.79 Å². The van der Waals surface area contributed by atoms with Crippen LogP contribution in [0.25, 0.3) is 11.4 Å². The van der Waals surface area contributed by atoms with Gasteiger partial charge < -0.3 is 11.2 Å². The summed E-state index contributed by atoms with van der Waals surface area (Å²) in [6, 6.07) is 13.1. The number of amides is 1. The van der Waals surface area contributed by atoms with Crippen molar-refractivity contribution in [3.8, 4) is 11.4 Å². The molecule has 3 aromatic rings. The molecule has 1 heterocycles. The average molecular weight is 481 g/mol. The molecule has 0 aliphatic carbocycles. The van der Waals surface area contributed by atoms with Gasteiger partial charge in [0.25, 0.3) is 0 Å². The molecule has 0 saturated heterocycles. The summed E-state index contributed by atoms with van der Waals surface area (Å²) in [6.45, 7) is 4.17. The molecule has 28 heavy (non-hydrogen) atoms. The summed E-state index contributed by atoms with van der Waals surface area (Å²) in [7, 11) is 0. The van der Waals surface area contributed by atoms with Crippen molar-refractivity contribution in [3.05, 3.63) is 57.5 Å². The molecule has 2 aromatic carbocycles. The number of halogens is 2. The maximum absolute atomic E-state index is 12.4. The van der Waals surface area contributed by atoms with Crippen LogP contribution in [0.4, 0.5) is 5.69 Å². The van der Waals surface area contributed by atoms with Crippen LogP contribution in [-0.4, -0.2) is 26.5 Å². The Morgan fingerprint density at radius 2 is 2.04 bits per heavy atom. The molecule has 0 aliphatic rings. The number of benzene rings is 2.